The molecule has 0 aliphatic carbocycles. The van der Waals surface area contributed by atoms with E-state index in [1.165, 1.54) is 6.07 Å². The van der Waals surface area contributed by atoms with Crippen LogP contribution in [0.15, 0.2) is 48.8 Å². The first-order valence-corrected chi connectivity index (χ1v) is 11.8. The minimum atomic E-state index is -5.08. The van der Waals surface area contributed by atoms with Crippen molar-refractivity contribution in [3.63, 3.8) is 0 Å². The second-order valence-corrected chi connectivity index (χ2v) is 9.00. The van der Waals surface area contributed by atoms with Crippen LogP contribution < -0.4 is 0 Å². The van der Waals surface area contributed by atoms with Gasteiger partial charge in [0, 0.05) is 38.4 Å². The Kier molecular flexibility index (Phi) is 11.8. The fourth-order valence-corrected chi connectivity index (χ4v) is 3.97. The van der Waals surface area contributed by atoms with Crippen LogP contribution in [0.1, 0.15) is 30.4 Å². The van der Waals surface area contributed by atoms with Gasteiger partial charge in [-0.2, -0.15) is 26.3 Å². The molecule has 0 radical (unpaired) electrons. The lowest BCUT2D eigenvalue weighted by atomic mass is 9.88. The van der Waals surface area contributed by atoms with E-state index >= 15 is 0 Å². The molecule has 3 heterocycles. The number of pyridine rings is 1. The number of aromatic nitrogens is 1. The zero-order chi connectivity index (χ0) is 30.0. The maximum Gasteiger partial charge on any atom is 0.490 e. The first kappa shape index (κ1) is 32.9. The van der Waals surface area contributed by atoms with E-state index in [0.29, 0.717) is 13.2 Å². The standard InChI is InChI=1S/C21H25FN2O2.2C2HF3O2/c22-19-5-1-3-17(11-19)14-24-9-6-21(7-10-24)12-20(16-26-21)25-15-18-4-2-8-23-13-18;2*3-2(4,5)1(6)7/h1-5,8,11,13,20H,6-7,9-10,12,14-16H2;2*(H,6,7). The number of carbonyl (C=O) groups is 2. The van der Waals surface area contributed by atoms with Crippen molar-refractivity contribution >= 4 is 11.9 Å². The average molecular weight is 584 g/mol. The third-order valence-corrected chi connectivity index (χ3v) is 5.93. The molecule has 0 amide bonds. The van der Waals surface area contributed by atoms with E-state index in [1.54, 1.807) is 18.3 Å². The van der Waals surface area contributed by atoms with E-state index < -0.39 is 24.3 Å². The van der Waals surface area contributed by atoms with E-state index in [4.69, 9.17) is 29.3 Å². The van der Waals surface area contributed by atoms with Gasteiger partial charge in [-0.05, 0) is 42.2 Å². The third-order valence-electron chi connectivity index (χ3n) is 5.93. The fraction of sp³-hybridized carbons (Fsp3) is 0.480. The number of piperidine rings is 1. The SMILES string of the molecule is Fc1cccc(CN2CCC3(CC2)CC(OCc2cccnc2)CO3)c1.O=C(O)C(F)(F)F.O=C(O)C(F)(F)F. The molecule has 2 aliphatic heterocycles. The molecule has 15 heteroatoms. The normalized spacial score (nSPS) is 18.7. The molecule has 2 aromatic rings. The van der Waals surface area contributed by atoms with Crippen LogP contribution in [0, 0.1) is 5.82 Å². The van der Waals surface area contributed by atoms with E-state index in [-0.39, 0.29) is 17.5 Å². The second kappa shape index (κ2) is 14.4. The van der Waals surface area contributed by atoms with Crippen LogP contribution in [-0.4, -0.2) is 75.8 Å². The Bertz CT molecular complexity index is 1070. The van der Waals surface area contributed by atoms with Crippen LogP contribution in [-0.2, 0) is 32.2 Å². The van der Waals surface area contributed by atoms with Gasteiger partial charge in [0.1, 0.15) is 5.82 Å². The Morgan fingerprint density at radius 2 is 1.57 bits per heavy atom. The van der Waals surface area contributed by atoms with Crippen molar-refractivity contribution in [2.24, 2.45) is 0 Å². The molecule has 2 N–H and O–H groups in total. The number of hydrogen-bond donors (Lipinski definition) is 2. The minimum absolute atomic E-state index is 0.0436. The third kappa shape index (κ3) is 11.4. The number of alkyl halides is 6. The van der Waals surface area contributed by atoms with Crippen LogP contribution in [0.4, 0.5) is 30.7 Å². The second-order valence-electron chi connectivity index (χ2n) is 9.00. The molecule has 1 aromatic heterocycles. The van der Waals surface area contributed by atoms with Crippen molar-refractivity contribution in [3.05, 3.63) is 65.7 Å². The van der Waals surface area contributed by atoms with Crippen molar-refractivity contribution in [2.45, 2.75) is 56.5 Å². The van der Waals surface area contributed by atoms with Gasteiger partial charge >= 0.3 is 24.3 Å². The molecule has 2 fully saturated rings. The molecular formula is C25H27F7N2O6. The molecule has 1 unspecified atom stereocenters. The quantitative estimate of drug-likeness (QED) is 0.482. The summed E-state index contributed by atoms with van der Waals surface area (Å²) in [6.45, 7) is 4.01. The summed E-state index contributed by atoms with van der Waals surface area (Å²) in [5.41, 5.74) is 2.09. The summed E-state index contributed by atoms with van der Waals surface area (Å²) >= 11 is 0. The highest BCUT2D eigenvalue weighted by Gasteiger charge is 2.43. The summed E-state index contributed by atoms with van der Waals surface area (Å²) in [5.74, 6) is -5.68. The number of carboxylic acids is 2. The van der Waals surface area contributed by atoms with Gasteiger partial charge < -0.3 is 19.7 Å². The lowest BCUT2D eigenvalue weighted by molar-refractivity contribution is -0.193. The van der Waals surface area contributed by atoms with Crippen molar-refractivity contribution in [1.29, 1.82) is 0 Å². The van der Waals surface area contributed by atoms with E-state index in [9.17, 15) is 30.7 Å². The number of ether oxygens (including phenoxy) is 2. The van der Waals surface area contributed by atoms with Crippen molar-refractivity contribution in [3.8, 4) is 0 Å². The molecule has 1 aromatic carbocycles. The molecule has 1 atom stereocenters. The number of rotatable bonds is 5. The Morgan fingerprint density at radius 3 is 2.08 bits per heavy atom. The number of nitrogens with zero attached hydrogens (tertiary/aromatic N) is 2. The Hall–Kier alpha value is -3.30. The average Bonchev–Trinajstić information content (AvgIpc) is 3.27. The maximum atomic E-state index is 13.3. The lowest BCUT2D eigenvalue weighted by Gasteiger charge is -2.38. The topological polar surface area (TPSA) is 109 Å². The van der Waals surface area contributed by atoms with Gasteiger partial charge in [-0.1, -0.05) is 18.2 Å². The zero-order valence-corrected chi connectivity index (χ0v) is 20.9. The number of benzene rings is 1. The maximum absolute atomic E-state index is 13.3. The molecule has 0 bridgehead atoms. The van der Waals surface area contributed by atoms with Gasteiger partial charge in [0.2, 0.25) is 0 Å². The highest BCUT2D eigenvalue weighted by molar-refractivity contribution is 5.73. The molecule has 2 aliphatic rings. The molecule has 40 heavy (non-hydrogen) atoms. The van der Waals surface area contributed by atoms with Crippen LogP contribution in [0.2, 0.25) is 0 Å². The van der Waals surface area contributed by atoms with Crippen LogP contribution in [0.3, 0.4) is 0 Å². The summed E-state index contributed by atoms with van der Waals surface area (Å²) < 4.78 is 89.0. The van der Waals surface area contributed by atoms with Gasteiger partial charge in [0.15, 0.2) is 0 Å². The summed E-state index contributed by atoms with van der Waals surface area (Å²) in [6.07, 6.45) is -3.42. The van der Waals surface area contributed by atoms with Gasteiger partial charge in [0.05, 0.1) is 24.9 Å². The van der Waals surface area contributed by atoms with Crippen LogP contribution >= 0.6 is 0 Å². The van der Waals surface area contributed by atoms with Gasteiger partial charge in [-0.3, -0.25) is 9.88 Å². The number of hydrogen-bond acceptors (Lipinski definition) is 6. The van der Waals surface area contributed by atoms with Crippen molar-refractivity contribution in [2.75, 3.05) is 19.7 Å². The smallest absolute Gasteiger partial charge is 0.475 e. The van der Waals surface area contributed by atoms with Gasteiger partial charge in [-0.25, -0.2) is 14.0 Å². The van der Waals surface area contributed by atoms with E-state index in [1.807, 2.05) is 24.4 Å². The predicted octanol–water partition coefficient (Wildman–Crippen LogP) is 4.83. The minimum Gasteiger partial charge on any atom is -0.475 e. The number of likely N-dealkylation sites (tertiary alicyclic amines) is 1. The van der Waals surface area contributed by atoms with Gasteiger partial charge in [-0.15, -0.1) is 0 Å². The van der Waals surface area contributed by atoms with Crippen LogP contribution in [0.5, 0.6) is 0 Å². The number of aliphatic carboxylic acids is 2. The van der Waals surface area contributed by atoms with Crippen LogP contribution in [0.25, 0.3) is 0 Å². The largest absolute Gasteiger partial charge is 0.490 e. The molecule has 8 nitrogen and oxygen atoms in total. The first-order chi connectivity index (χ1) is 18.6. The Balaban J connectivity index is 0.000000333. The lowest BCUT2D eigenvalue weighted by Crippen LogP contribution is -2.43. The monoisotopic (exact) mass is 584 g/mol. The molecule has 0 saturated carbocycles. The van der Waals surface area contributed by atoms with Crippen molar-refractivity contribution in [1.82, 2.24) is 9.88 Å². The van der Waals surface area contributed by atoms with E-state index in [2.05, 4.69) is 9.88 Å². The van der Waals surface area contributed by atoms with E-state index in [0.717, 1.165) is 50.0 Å². The molecule has 2 saturated heterocycles. The van der Waals surface area contributed by atoms with Crippen molar-refractivity contribution < 1.29 is 60.0 Å². The molecular weight excluding hydrogens is 557 g/mol. The first-order valence-electron chi connectivity index (χ1n) is 11.8. The predicted molar refractivity (Wildman–Crippen MR) is 124 cm³/mol. The number of carboxylic acid groups (broad SMARTS) is 2. The Morgan fingerprint density at radius 1 is 1.00 bits per heavy atom. The summed E-state index contributed by atoms with van der Waals surface area (Å²) in [4.78, 5) is 24.3. The van der Waals surface area contributed by atoms with Gasteiger partial charge in [0.25, 0.3) is 0 Å². The fourth-order valence-electron chi connectivity index (χ4n) is 3.97. The number of halogens is 7. The summed E-state index contributed by atoms with van der Waals surface area (Å²) in [6, 6.07) is 10.8. The molecule has 222 valence electrons. The highest BCUT2D eigenvalue weighted by atomic mass is 19.4. The summed E-state index contributed by atoms with van der Waals surface area (Å²) in [5, 5.41) is 14.2. The molecule has 1 spiro atoms. The highest BCUT2D eigenvalue weighted by Crippen LogP contribution is 2.37. The zero-order valence-electron chi connectivity index (χ0n) is 20.9. The summed E-state index contributed by atoms with van der Waals surface area (Å²) in [7, 11) is 0. The molecule has 4 rings (SSSR count). The Labute approximate surface area is 224 Å².